The monoisotopic (exact) mass is 200 g/mol. The summed E-state index contributed by atoms with van der Waals surface area (Å²) >= 11 is 0. The second kappa shape index (κ2) is 7.24. The molecule has 0 spiro atoms. The molecule has 0 aliphatic carbocycles. The molecule has 0 aliphatic rings. The van der Waals surface area contributed by atoms with Crippen molar-refractivity contribution >= 4 is 0 Å². The summed E-state index contributed by atoms with van der Waals surface area (Å²) < 4.78 is 0. The molecule has 0 fully saturated rings. The van der Waals surface area contributed by atoms with Crippen LogP contribution < -0.4 is 5.73 Å². The average molecular weight is 200 g/mol. The first-order chi connectivity index (χ1) is 6.56. The molecule has 2 nitrogen and oxygen atoms in total. The number of rotatable bonds is 7. The number of hydrogen-bond donors (Lipinski definition) is 1. The fraction of sp³-hybridized carbons (Fsp3) is 1.00. The zero-order valence-corrected chi connectivity index (χ0v) is 10.6. The maximum Gasteiger partial charge on any atom is 0.0218 e. The van der Waals surface area contributed by atoms with Gasteiger partial charge >= 0.3 is 0 Å². The van der Waals surface area contributed by atoms with E-state index in [4.69, 9.17) is 5.73 Å². The summed E-state index contributed by atoms with van der Waals surface area (Å²) in [5, 5.41) is 0. The van der Waals surface area contributed by atoms with Gasteiger partial charge in [-0.2, -0.15) is 0 Å². The summed E-state index contributed by atoms with van der Waals surface area (Å²) in [4.78, 5) is 2.50. The molecule has 0 radical (unpaired) electrons. The summed E-state index contributed by atoms with van der Waals surface area (Å²) in [5.41, 5.74) is 6.07. The van der Waals surface area contributed by atoms with Crippen molar-refractivity contribution in [3.05, 3.63) is 0 Å². The molecular formula is C12H28N2. The van der Waals surface area contributed by atoms with Gasteiger partial charge in [0, 0.05) is 18.6 Å². The van der Waals surface area contributed by atoms with Crippen LogP contribution in [0.1, 0.15) is 47.5 Å². The van der Waals surface area contributed by atoms with Crippen molar-refractivity contribution in [3.8, 4) is 0 Å². The third kappa shape index (κ3) is 4.43. The van der Waals surface area contributed by atoms with Gasteiger partial charge in [0.2, 0.25) is 0 Å². The van der Waals surface area contributed by atoms with Crippen LogP contribution in [0.4, 0.5) is 0 Å². The normalized spacial score (nSPS) is 18.2. The Kier molecular flexibility index (Phi) is 7.20. The molecule has 0 aliphatic heterocycles. The van der Waals surface area contributed by atoms with E-state index in [1.807, 2.05) is 0 Å². The minimum Gasteiger partial charge on any atom is -0.326 e. The highest BCUT2D eigenvalue weighted by Crippen LogP contribution is 2.10. The van der Waals surface area contributed by atoms with Gasteiger partial charge in [-0.05, 0) is 25.8 Å². The molecule has 2 heteroatoms. The lowest BCUT2D eigenvalue weighted by molar-refractivity contribution is 0.165. The Labute approximate surface area is 89.9 Å². The fourth-order valence-electron chi connectivity index (χ4n) is 1.72. The quantitative estimate of drug-likeness (QED) is 0.684. The lowest BCUT2D eigenvalue weighted by Gasteiger charge is -2.33. The average Bonchev–Trinajstić information content (AvgIpc) is 2.23. The summed E-state index contributed by atoms with van der Waals surface area (Å²) in [6.45, 7) is 13.5. The number of nitrogens with zero attached hydrogens (tertiary/aromatic N) is 1. The summed E-state index contributed by atoms with van der Waals surface area (Å²) in [5.74, 6) is 0.779. The van der Waals surface area contributed by atoms with Crippen LogP contribution in [0.5, 0.6) is 0 Å². The summed E-state index contributed by atoms with van der Waals surface area (Å²) in [6, 6.07) is 0.831. The molecule has 2 N–H and O–H groups in total. The SMILES string of the molecule is CCC(C)CN(CC)C(C)C(N)CC. The van der Waals surface area contributed by atoms with Gasteiger partial charge in [-0.3, -0.25) is 4.90 Å². The predicted octanol–water partition coefficient (Wildman–Crippen LogP) is 2.48. The van der Waals surface area contributed by atoms with Gasteiger partial charge in [-0.1, -0.05) is 34.1 Å². The van der Waals surface area contributed by atoms with Gasteiger partial charge in [-0.15, -0.1) is 0 Å². The second-order valence-corrected chi connectivity index (χ2v) is 4.41. The molecule has 14 heavy (non-hydrogen) atoms. The standard InChI is InChI=1S/C12H28N2/c1-6-10(4)9-14(8-3)11(5)12(13)7-2/h10-12H,6-9,13H2,1-5H3. The van der Waals surface area contributed by atoms with Gasteiger partial charge in [-0.25, -0.2) is 0 Å². The first kappa shape index (κ1) is 13.9. The van der Waals surface area contributed by atoms with E-state index in [1.54, 1.807) is 0 Å². The zero-order chi connectivity index (χ0) is 11.1. The van der Waals surface area contributed by atoms with Crippen LogP contribution in [0.3, 0.4) is 0 Å². The smallest absolute Gasteiger partial charge is 0.0218 e. The highest BCUT2D eigenvalue weighted by Gasteiger charge is 2.18. The van der Waals surface area contributed by atoms with Gasteiger partial charge < -0.3 is 5.73 Å². The molecule has 0 bridgehead atoms. The van der Waals surface area contributed by atoms with E-state index in [9.17, 15) is 0 Å². The fourth-order valence-corrected chi connectivity index (χ4v) is 1.72. The molecule has 0 saturated heterocycles. The maximum absolute atomic E-state index is 6.07. The highest BCUT2D eigenvalue weighted by molar-refractivity contribution is 4.77. The molecule has 0 heterocycles. The van der Waals surface area contributed by atoms with Crippen LogP contribution in [0, 0.1) is 5.92 Å². The zero-order valence-electron chi connectivity index (χ0n) is 10.6. The van der Waals surface area contributed by atoms with Crippen LogP contribution in [0.2, 0.25) is 0 Å². The van der Waals surface area contributed by atoms with Crippen molar-refractivity contribution in [2.75, 3.05) is 13.1 Å². The van der Waals surface area contributed by atoms with Crippen LogP contribution in [0.15, 0.2) is 0 Å². The Balaban J connectivity index is 4.11. The Morgan fingerprint density at radius 1 is 1.07 bits per heavy atom. The number of nitrogens with two attached hydrogens (primary N) is 1. The summed E-state index contributed by atoms with van der Waals surface area (Å²) in [7, 11) is 0. The Morgan fingerprint density at radius 2 is 1.64 bits per heavy atom. The van der Waals surface area contributed by atoms with Crippen LogP contribution >= 0.6 is 0 Å². The van der Waals surface area contributed by atoms with Crippen molar-refractivity contribution in [2.45, 2.75) is 59.5 Å². The Morgan fingerprint density at radius 3 is 2.00 bits per heavy atom. The number of hydrogen-bond acceptors (Lipinski definition) is 2. The van der Waals surface area contributed by atoms with Crippen molar-refractivity contribution in [1.29, 1.82) is 0 Å². The van der Waals surface area contributed by atoms with E-state index in [0.717, 1.165) is 18.9 Å². The molecule has 0 amide bonds. The molecule has 86 valence electrons. The van der Waals surface area contributed by atoms with Gasteiger partial charge in [0.25, 0.3) is 0 Å². The third-order valence-electron chi connectivity index (χ3n) is 3.32. The summed E-state index contributed by atoms with van der Waals surface area (Å²) in [6.07, 6.45) is 2.32. The van der Waals surface area contributed by atoms with Gasteiger partial charge in [0.1, 0.15) is 0 Å². The van der Waals surface area contributed by atoms with E-state index in [0.29, 0.717) is 12.1 Å². The highest BCUT2D eigenvalue weighted by atomic mass is 15.2. The topological polar surface area (TPSA) is 29.3 Å². The molecule has 0 aromatic carbocycles. The first-order valence-corrected chi connectivity index (χ1v) is 6.06. The van der Waals surface area contributed by atoms with E-state index in [-0.39, 0.29) is 0 Å². The van der Waals surface area contributed by atoms with Gasteiger partial charge in [0.15, 0.2) is 0 Å². The van der Waals surface area contributed by atoms with Crippen LogP contribution in [-0.4, -0.2) is 30.1 Å². The van der Waals surface area contributed by atoms with Crippen molar-refractivity contribution in [3.63, 3.8) is 0 Å². The van der Waals surface area contributed by atoms with Gasteiger partial charge in [0.05, 0.1) is 0 Å². The van der Waals surface area contributed by atoms with E-state index < -0.39 is 0 Å². The second-order valence-electron chi connectivity index (χ2n) is 4.41. The van der Waals surface area contributed by atoms with E-state index in [1.165, 1.54) is 13.0 Å². The molecule has 3 atom stereocenters. The Bertz CT molecular complexity index is 136. The van der Waals surface area contributed by atoms with E-state index in [2.05, 4.69) is 39.5 Å². The van der Waals surface area contributed by atoms with E-state index >= 15 is 0 Å². The lowest BCUT2D eigenvalue weighted by Crippen LogP contribution is -2.47. The molecule has 0 saturated carbocycles. The molecular weight excluding hydrogens is 172 g/mol. The molecule has 0 aromatic rings. The Hall–Kier alpha value is -0.0800. The predicted molar refractivity (Wildman–Crippen MR) is 64.4 cm³/mol. The minimum atomic E-state index is 0.319. The minimum absolute atomic E-state index is 0.319. The number of likely N-dealkylation sites (N-methyl/N-ethyl adjacent to an activating group) is 1. The third-order valence-corrected chi connectivity index (χ3v) is 3.32. The van der Waals surface area contributed by atoms with Crippen LogP contribution in [0.25, 0.3) is 0 Å². The largest absolute Gasteiger partial charge is 0.326 e. The molecule has 0 rings (SSSR count). The maximum atomic E-state index is 6.07. The van der Waals surface area contributed by atoms with Crippen molar-refractivity contribution in [2.24, 2.45) is 11.7 Å². The lowest BCUT2D eigenvalue weighted by atomic mass is 10.0. The molecule has 3 unspecified atom stereocenters. The first-order valence-electron chi connectivity index (χ1n) is 6.06. The van der Waals surface area contributed by atoms with Crippen LogP contribution in [-0.2, 0) is 0 Å². The van der Waals surface area contributed by atoms with Crippen molar-refractivity contribution < 1.29 is 0 Å². The van der Waals surface area contributed by atoms with Crippen molar-refractivity contribution in [1.82, 2.24) is 4.90 Å². The molecule has 0 aromatic heterocycles.